The number of alkyl halides is 1. The van der Waals surface area contributed by atoms with Crippen LogP contribution in [0.1, 0.15) is 16.5 Å². The molecular formula is C16H16ClIO2. The standard InChI is InChI=1S/C16H16ClIO2/c1-19-15-8-7-11(10-16(15)20-2)9-13(17)12-5-3-4-6-14(12)18/h3-8,10,13H,9H2,1-2H3. The van der Waals surface area contributed by atoms with Gasteiger partial charge in [0, 0.05) is 3.57 Å². The fourth-order valence-electron chi connectivity index (χ4n) is 2.05. The van der Waals surface area contributed by atoms with Gasteiger partial charge in [0.2, 0.25) is 0 Å². The number of methoxy groups -OCH3 is 2. The first-order valence-corrected chi connectivity index (χ1v) is 7.76. The Morgan fingerprint density at radius 3 is 2.40 bits per heavy atom. The zero-order chi connectivity index (χ0) is 14.5. The zero-order valence-corrected chi connectivity index (χ0v) is 14.3. The van der Waals surface area contributed by atoms with Gasteiger partial charge >= 0.3 is 0 Å². The second-order valence-corrected chi connectivity index (χ2v) is 6.07. The molecule has 0 amide bonds. The smallest absolute Gasteiger partial charge is 0.160 e. The molecule has 0 aliphatic carbocycles. The van der Waals surface area contributed by atoms with Crippen molar-refractivity contribution >= 4 is 34.2 Å². The van der Waals surface area contributed by atoms with Crippen molar-refractivity contribution in [2.75, 3.05) is 14.2 Å². The highest BCUT2D eigenvalue weighted by Crippen LogP contribution is 2.32. The average molecular weight is 403 g/mol. The molecule has 0 heterocycles. The Balaban J connectivity index is 2.20. The van der Waals surface area contributed by atoms with Crippen LogP contribution in [0.3, 0.4) is 0 Å². The normalized spacial score (nSPS) is 12.0. The van der Waals surface area contributed by atoms with E-state index in [0.29, 0.717) is 0 Å². The Morgan fingerprint density at radius 2 is 1.75 bits per heavy atom. The van der Waals surface area contributed by atoms with Gasteiger partial charge < -0.3 is 9.47 Å². The quantitative estimate of drug-likeness (QED) is 0.527. The molecule has 0 aromatic heterocycles. The monoisotopic (exact) mass is 402 g/mol. The number of halogens is 2. The molecule has 0 saturated heterocycles. The lowest BCUT2D eigenvalue weighted by Gasteiger charge is -2.14. The van der Waals surface area contributed by atoms with Crippen LogP contribution in [0, 0.1) is 3.57 Å². The summed E-state index contributed by atoms with van der Waals surface area (Å²) >= 11 is 8.85. The molecule has 2 aromatic rings. The molecule has 4 heteroatoms. The molecule has 2 nitrogen and oxygen atoms in total. The van der Waals surface area contributed by atoms with Crippen molar-refractivity contribution in [3.05, 3.63) is 57.2 Å². The van der Waals surface area contributed by atoms with Gasteiger partial charge in [-0.15, -0.1) is 11.6 Å². The van der Waals surface area contributed by atoms with Crippen LogP contribution < -0.4 is 9.47 Å². The lowest BCUT2D eigenvalue weighted by atomic mass is 10.0. The maximum atomic E-state index is 6.54. The maximum Gasteiger partial charge on any atom is 0.160 e. The highest BCUT2D eigenvalue weighted by molar-refractivity contribution is 14.1. The van der Waals surface area contributed by atoms with Gasteiger partial charge in [0.05, 0.1) is 19.6 Å². The molecule has 0 spiro atoms. The van der Waals surface area contributed by atoms with E-state index in [-0.39, 0.29) is 5.38 Å². The zero-order valence-electron chi connectivity index (χ0n) is 11.4. The molecule has 0 fully saturated rings. The first kappa shape index (κ1) is 15.4. The summed E-state index contributed by atoms with van der Waals surface area (Å²) in [5.74, 6) is 1.47. The van der Waals surface area contributed by atoms with Gasteiger partial charge in [-0.05, 0) is 58.3 Å². The third-order valence-electron chi connectivity index (χ3n) is 3.11. The summed E-state index contributed by atoms with van der Waals surface area (Å²) in [6.07, 6.45) is 0.752. The van der Waals surface area contributed by atoms with Crippen LogP contribution in [0.4, 0.5) is 0 Å². The third-order valence-corrected chi connectivity index (χ3v) is 4.48. The summed E-state index contributed by atoms with van der Waals surface area (Å²) in [4.78, 5) is 0. The second kappa shape index (κ2) is 7.18. The maximum absolute atomic E-state index is 6.54. The van der Waals surface area contributed by atoms with E-state index < -0.39 is 0 Å². The summed E-state index contributed by atoms with van der Waals surface area (Å²) in [5, 5.41) is -0.0544. The molecule has 20 heavy (non-hydrogen) atoms. The van der Waals surface area contributed by atoms with E-state index in [1.807, 2.05) is 30.3 Å². The van der Waals surface area contributed by atoms with E-state index in [1.165, 1.54) is 3.57 Å². The lowest BCUT2D eigenvalue weighted by molar-refractivity contribution is 0.354. The molecule has 2 aromatic carbocycles. The lowest BCUT2D eigenvalue weighted by Crippen LogP contribution is -1.99. The van der Waals surface area contributed by atoms with Crippen molar-refractivity contribution in [2.24, 2.45) is 0 Å². The first-order chi connectivity index (χ1) is 9.65. The van der Waals surface area contributed by atoms with Gasteiger partial charge in [0.1, 0.15) is 0 Å². The minimum Gasteiger partial charge on any atom is -0.493 e. The van der Waals surface area contributed by atoms with Crippen molar-refractivity contribution in [1.82, 2.24) is 0 Å². The minimum atomic E-state index is -0.0544. The molecule has 0 radical (unpaired) electrons. The number of benzene rings is 2. The largest absolute Gasteiger partial charge is 0.493 e. The fraction of sp³-hybridized carbons (Fsp3) is 0.250. The van der Waals surface area contributed by atoms with E-state index in [0.717, 1.165) is 29.0 Å². The van der Waals surface area contributed by atoms with Gasteiger partial charge in [0.15, 0.2) is 11.5 Å². The molecule has 0 aliphatic heterocycles. The topological polar surface area (TPSA) is 18.5 Å². The van der Waals surface area contributed by atoms with E-state index >= 15 is 0 Å². The Labute approximate surface area is 138 Å². The van der Waals surface area contributed by atoms with Crippen molar-refractivity contribution < 1.29 is 9.47 Å². The van der Waals surface area contributed by atoms with E-state index in [2.05, 4.69) is 34.7 Å². The Kier molecular flexibility index (Phi) is 5.54. The Bertz CT molecular complexity index is 586. The van der Waals surface area contributed by atoms with Crippen LogP contribution in [-0.2, 0) is 6.42 Å². The predicted octanol–water partition coefficient (Wildman–Crippen LogP) is 4.83. The van der Waals surface area contributed by atoms with Crippen molar-refractivity contribution in [3.63, 3.8) is 0 Å². The van der Waals surface area contributed by atoms with E-state index in [1.54, 1.807) is 14.2 Å². The highest BCUT2D eigenvalue weighted by Gasteiger charge is 2.13. The number of rotatable bonds is 5. The van der Waals surface area contributed by atoms with Crippen LogP contribution in [0.25, 0.3) is 0 Å². The van der Waals surface area contributed by atoms with Crippen molar-refractivity contribution in [1.29, 1.82) is 0 Å². The van der Waals surface area contributed by atoms with Crippen molar-refractivity contribution in [3.8, 4) is 11.5 Å². The Morgan fingerprint density at radius 1 is 1.05 bits per heavy atom. The molecule has 106 valence electrons. The van der Waals surface area contributed by atoms with Gasteiger partial charge in [-0.2, -0.15) is 0 Å². The molecular weight excluding hydrogens is 387 g/mol. The van der Waals surface area contributed by atoms with Crippen LogP contribution in [0.2, 0.25) is 0 Å². The third kappa shape index (κ3) is 3.58. The van der Waals surface area contributed by atoms with Crippen LogP contribution in [-0.4, -0.2) is 14.2 Å². The average Bonchev–Trinajstić information content (AvgIpc) is 2.47. The molecule has 1 unspecified atom stereocenters. The van der Waals surface area contributed by atoms with E-state index in [9.17, 15) is 0 Å². The SMILES string of the molecule is COc1ccc(CC(Cl)c2ccccc2I)cc1OC. The summed E-state index contributed by atoms with van der Waals surface area (Å²) in [7, 11) is 3.27. The second-order valence-electron chi connectivity index (χ2n) is 4.38. The fourth-order valence-corrected chi connectivity index (χ4v) is 3.37. The number of hydrogen-bond donors (Lipinski definition) is 0. The van der Waals surface area contributed by atoms with Crippen LogP contribution in [0.5, 0.6) is 11.5 Å². The molecule has 2 rings (SSSR count). The number of hydrogen-bond acceptors (Lipinski definition) is 2. The summed E-state index contributed by atoms with van der Waals surface area (Å²) in [5.41, 5.74) is 2.28. The summed E-state index contributed by atoms with van der Waals surface area (Å²) in [6, 6.07) is 14.1. The van der Waals surface area contributed by atoms with Crippen LogP contribution in [0.15, 0.2) is 42.5 Å². The highest BCUT2D eigenvalue weighted by atomic mass is 127. The molecule has 1 atom stereocenters. The Hall–Kier alpha value is -0.940. The van der Waals surface area contributed by atoms with Gasteiger partial charge in [-0.1, -0.05) is 24.3 Å². The molecule has 0 saturated carbocycles. The summed E-state index contributed by atoms with van der Waals surface area (Å²) in [6.45, 7) is 0. The molecule has 0 bridgehead atoms. The minimum absolute atomic E-state index is 0.0544. The molecule has 0 aliphatic rings. The molecule has 0 N–H and O–H groups in total. The van der Waals surface area contributed by atoms with Gasteiger partial charge in [0.25, 0.3) is 0 Å². The van der Waals surface area contributed by atoms with Gasteiger partial charge in [-0.3, -0.25) is 0 Å². The number of ether oxygens (including phenoxy) is 2. The summed E-state index contributed by atoms with van der Waals surface area (Å²) < 4.78 is 11.7. The van der Waals surface area contributed by atoms with Crippen molar-refractivity contribution in [2.45, 2.75) is 11.8 Å². The van der Waals surface area contributed by atoms with Gasteiger partial charge in [-0.25, -0.2) is 0 Å². The predicted molar refractivity (Wildman–Crippen MR) is 91.0 cm³/mol. The van der Waals surface area contributed by atoms with Crippen LogP contribution >= 0.6 is 34.2 Å². The van der Waals surface area contributed by atoms with E-state index in [4.69, 9.17) is 21.1 Å². The first-order valence-electron chi connectivity index (χ1n) is 6.25.